The van der Waals surface area contributed by atoms with Gasteiger partial charge in [-0.2, -0.15) is 0 Å². The van der Waals surface area contributed by atoms with Gasteiger partial charge in [0.2, 0.25) is 0 Å². The molecular weight excluding hydrogens is 408 g/mol. The van der Waals surface area contributed by atoms with Gasteiger partial charge in [-0.1, -0.05) is 17.8 Å². The van der Waals surface area contributed by atoms with E-state index in [-0.39, 0.29) is 11.7 Å². The predicted molar refractivity (Wildman–Crippen MR) is 126 cm³/mol. The number of carbonyl (C=O) groups excluding carboxylic acids is 1. The van der Waals surface area contributed by atoms with E-state index in [2.05, 4.69) is 33.0 Å². The van der Waals surface area contributed by atoms with Gasteiger partial charge in [0, 0.05) is 63.3 Å². The summed E-state index contributed by atoms with van der Waals surface area (Å²) >= 11 is 1.51. The van der Waals surface area contributed by atoms with E-state index in [4.69, 9.17) is 11.1 Å². The monoisotopic (exact) mass is 438 g/mol. The minimum Gasteiger partial charge on any atom is -0.372 e. The lowest BCUT2D eigenvalue weighted by Crippen LogP contribution is -2.50. The summed E-state index contributed by atoms with van der Waals surface area (Å²) in [5.74, 6) is 0.652. The highest BCUT2D eigenvalue weighted by Crippen LogP contribution is 2.24. The van der Waals surface area contributed by atoms with Gasteiger partial charge in [0.05, 0.1) is 5.75 Å². The Hall–Kier alpha value is -2.58. The van der Waals surface area contributed by atoms with Gasteiger partial charge in [-0.05, 0) is 48.7 Å². The molecule has 3 N–H and O–H groups in total. The quantitative estimate of drug-likeness (QED) is 0.297. The topological polar surface area (TPSA) is 89.5 Å². The van der Waals surface area contributed by atoms with Crippen LogP contribution in [0.25, 0.3) is 0 Å². The van der Waals surface area contributed by atoms with Crippen LogP contribution in [0.4, 0.5) is 5.69 Å². The fourth-order valence-electron chi connectivity index (χ4n) is 4.11. The average Bonchev–Trinajstić information content (AvgIpc) is 3.34. The zero-order valence-corrected chi connectivity index (χ0v) is 18.6. The van der Waals surface area contributed by atoms with Crippen LogP contribution >= 0.6 is 11.8 Å². The Morgan fingerprint density at radius 1 is 1.03 bits per heavy atom. The van der Waals surface area contributed by atoms with Crippen molar-refractivity contribution in [1.82, 2.24) is 14.8 Å². The second-order valence-corrected chi connectivity index (χ2v) is 9.03. The molecule has 0 amide bonds. The van der Waals surface area contributed by atoms with Crippen LogP contribution in [0.15, 0.2) is 47.6 Å². The standard InChI is InChI=1S/C23H30N6OS/c24-23(25)29-14-12-27(13-15-29)16-19-4-3-9-26-22(19)31-17-21(30)18-5-7-20(8-6-18)28-10-1-2-11-28/h3-9H,1-2,10-17H2,(H3,24,25). The van der Waals surface area contributed by atoms with Crippen molar-refractivity contribution in [2.24, 2.45) is 5.73 Å². The van der Waals surface area contributed by atoms with E-state index >= 15 is 0 Å². The minimum atomic E-state index is 0.129. The highest BCUT2D eigenvalue weighted by Gasteiger charge is 2.19. The molecule has 0 atom stereocenters. The van der Waals surface area contributed by atoms with Crippen LogP contribution in [0.3, 0.4) is 0 Å². The zero-order valence-electron chi connectivity index (χ0n) is 17.8. The summed E-state index contributed by atoms with van der Waals surface area (Å²) < 4.78 is 0. The third-order valence-electron chi connectivity index (χ3n) is 5.96. The number of pyridine rings is 1. The van der Waals surface area contributed by atoms with E-state index in [0.717, 1.165) is 62.0 Å². The fourth-order valence-corrected chi connectivity index (χ4v) is 5.00. The van der Waals surface area contributed by atoms with Crippen LogP contribution in [0.5, 0.6) is 0 Å². The van der Waals surface area contributed by atoms with Crippen molar-refractivity contribution in [2.75, 3.05) is 49.9 Å². The normalized spacial score (nSPS) is 17.2. The number of carbonyl (C=O) groups is 1. The Morgan fingerprint density at radius 3 is 2.42 bits per heavy atom. The van der Waals surface area contributed by atoms with Gasteiger partial charge in [-0.3, -0.25) is 15.1 Å². The van der Waals surface area contributed by atoms with E-state index in [9.17, 15) is 4.79 Å². The molecule has 7 nitrogen and oxygen atoms in total. The molecule has 4 rings (SSSR count). The molecule has 0 unspecified atom stereocenters. The molecule has 0 saturated carbocycles. The zero-order chi connectivity index (χ0) is 21.6. The summed E-state index contributed by atoms with van der Waals surface area (Å²) in [5, 5.41) is 8.48. The van der Waals surface area contributed by atoms with Crippen molar-refractivity contribution in [3.63, 3.8) is 0 Å². The first kappa shape index (κ1) is 21.6. The maximum Gasteiger partial charge on any atom is 0.188 e. The molecule has 8 heteroatoms. The highest BCUT2D eigenvalue weighted by atomic mass is 32.2. The molecule has 2 aromatic rings. The lowest BCUT2D eigenvalue weighted by Gasteiger charge is -2.35. The van der Waals surface area contributed by atoms with Gasteiger partial charge in [0.15, 0.2) is 11.7 Å². The number of nitrogens with zero attached hydrogens (tertiary/aromatic N) is 4. The number of thioether (sulfide) groups is 1. The molecule has 2 fully saturated rings. The van der Waals surface area contributed by atoms with E-state index in [0.29, 0.717) is 5.75 Å². The molecule has 2 aliphatic rings. The third-order valence-corrected chi connectivity index (χ3v) is 7.00. The molecule has 0 spiro atoms. The van der Waals surface area contributed by atoms with Crippen molar-refractivity contribution >= 4 is 29.2 Å². The second-order valence-electron chi connectivity index (χ2n) is 8.07. The van der Waals surface area contributed by atoms with E-state index < -0.39 is 0 Å². The first-order chi connectivity index (χ1) is 15.1. The number of Topliss-reactive ketones (excluding diaryl/α,β-unsaturated/α-hetero) is 1. The lowest BCUT2D eigenvalue weighted by atomic mass is 10.1. The number of hydrogen-bond acceptors (Lipinski definition) is 6. The van der Waals surface area contributed by atoms with Crippen LogP contribution < -0.4 is 10.6 Å². The van der Waals surface area contributed by atoms with Gasteiger partial charge in [0.1, 0.15) is 5.03 Å². The van der Waals surface area contributed by atoms with Crippen LogP contribution in [0.2, 0.25) is 0 Å². The minimum absolute atomic E-state index is 0.129. The highest BCUT2D eigenvalue weighted by molar-refractivity contribution is 8.00. The number of rotatable bonds is 7. The van der Waals surface area contributed by atoms with Crippen LogP contribution in [-0.4, -0.2) is 71.5 Å². The van der Waals surface area contributed by atoms with Gasteiger partial charge >= 0.3 is 0 Å². The Balaban J connectivity index is 1.32. The molecule has 1 aromatic heterocycles. The average molecular weight is 439 g/mol. The van der Waals surface area contributed by atoms with Gasteiger partial charge < -0.3 is 15.5 Å². The number of benzene rings is 1. The predicted octanol–water partition coefficient (Wildman–Crippen LogP) is 2.67. The number of ketones is 1. The third kappa shape index (κ3) is 5.57. The van der Waals surface area contributed by atoms with Crippen molar-refractivity contribution in [2.45, 2.75) is 24.4 Å². The van der Waals surface area contributed by atoms with E-state index in [1.807, 2.05) is 23.1 Å². The summed E-state index contributed by atoms with van der Waals surface area (Å²) in [7, 11) is 0. The number of hydrogen-bond donors (Lipinski definition) is 2. The number of nitrogens with one attached hydrogen (secondary N) is 1. The Morgan fingerprint density at radius 2 is 1.74 bits per heavy atom. The molecule has 164 valence electrons. The number of aromatic nitrogens is 1. The van der Waals surface area contributed by atoms with Crippen LogP contribution in [0, 0.1) is 5.41 Å². The maximum atomic E-state index is 12.7. The second kappa shape index (κ2) is 10.2. The van der Waals surface area contributed by atoms with Crippen LogP contribution in [0.1, 0.15) is 28.8 Å². The number of nitrogens with two attached hydrogens (primary N) is 1. The molecule has 31 heavy (non-hydrogen) atoms. The molecule has 0 aliphatic carbocycles. The Kier molecular flexibility index (Phi) is 7.09. The smallest absolute Gasteiger partial charge is 0.188 e. The summed E-state index contributed by atoms with van der Waals surface area (Å²) in [6, 6.07) is 12.1. The molecule has 0 bridgehead atoms. The Labute approximate surface area is 188 Å². The van der Waals surface area contributed by atoms with Crippen molar-refractivity contribution < 1.29 is 4.79 Å². The summed E-state index contributed by atoms with van der Waals surface area (Å²) in [4.78, 5) is 23.9. The van der Waals surface area contributed by atoms with Gasteiger partial charge in [0.25, 0.3) is 0 Å². The van der Waals surface area contributed by atoms with Crippen molar-refractivity contribution in [1.29, 1.82) is 5.41 Å². The summed E-state index contributed by atoms with van der Waals surface area (Å²) in [6.45, 7) is 6.27. The van der Waals surface area contributed by atoms with Crippen molar-refractivity contribution in [3.8, 4) is 0 Å². The fraction of sp³-hybridized carbons (Fsp3) is 0.435. The van der Waals surface area contributed by atoms with Gasteiger partial charge in [-0.15, -0.1) is 0 Å². The summed E-state index contributed by atoms with van der Waals surface area (Å²) in [5.41, 5.74) is 8.69. The number of anilines is 1. The number of piperazine rings is 1. The summed E-state index contributed by atoms with van der Waals surface area (Å²) in [6.07, 6.45) is 4.28. The molecular formula is C23H30N6OS. The number of guanidine groups is 1. The SMILES string of the molecule is N=C(N)N1CCN(Cc2cccnc2SCC(=O)c2ccc(N3CCCC3)cc2)CC1. The molecule has 3 heterocycles. The maximum absolute atomic E-state index is 12.7. The molecule has 1 aromatic carbocycles. The Bertz CT molecular complexity index is 905. The molecule has 2 aliphatic heterocycles. The van der Waals surface area contributed by atoms with E-state index in [1.165, 1.54) is 30.3 Å². The largest absolute Gasteiger partial charge is 0.372 e. The first-order valence-electron chi connectivity index (χ1n) is 10.9. The molecule has 2 saturated heterocycles. The van der Waals surface area contributed by atoms with Crippen LogP contribution in [-0.2, 0) is 6.54 Å². The van der Waals surface area contributed by atoms with E-state index in [1.54, 1.807) is 6.20 Å². The first-order valence-corrected chi connectivity index (χ1v) is 11.8. The molecule has 0 radical (unpaired) electrons. The lowest BCUT2D eigenvalue weighted by molar-refractivity contribution is 0.102. The van der Waals surface area contributed by atoms with Gasteiger partial charge in [-0.25, -0.2) is 4.98 Å². The van der Waals surface area contributed by atoms with Crippen molar-refractivity contribution in [3.05, 3.63) is 53.7 Å².